The SMILES string of the molecule is [Se]=P([Se-])([Se-])[Se-]. The van der Waals surface area contributed by atoms with E-state index in [2.05, 4.69) is 61.8 Å². The summed E-state index contributed by atoms with van der Waals surface area (Å²) in [5.74, 6) is 0. The summed E-state index contributed by atoms with van der Waals surface area (Å²) in [6.45, 7) is 0. The fourth-order valence-corrected chi connectivity index (χ4v) is 0. The van der Waals surface area contributed by atoms with Gasteiger partial charge in [0.05, 0.1) is 0 Å². The summed E-state index contributed by atoms with van der Waals surface area (Å²) in [7, 11) is 0. The standard InChI is InChI=1S/H3PSe4/c2-1(3,4)5/h(H3,2,3,4,5)/p-3. The van der Waals surface area contributed by atoms with Crippen LogP contribution in [0, 0.1) is 0 Å². The van der Waals surface area contributed by atoms with Gasteiger partial charge in [-0.05, 0) is 0 Å². The van der Waals surface area contributed by atoms with Crippen molar-refractivity contribution in [1.29, 1.82) is 0 Å². The molecule has 0 atom stereocenters. The van der Waals surface area contributed by atoms with Crippen molar-refractivity contribution < 1.29 is 0 Å². The molecular weight excluding hydrogens is 347 g/mol. The molecule has 0 nitrogen and oxygen atoms in total. The van der Waals surface area contributed by atoms with Crippen LogP contribution in [-0.2, 0) is 0 Å². The van der Waals surface area contributed by atoms with Gasteiger partial charge in [0.2, 0.25) is 0 Å². The summed E-state index contributed by atoms with van der Waals surface area (Å²) in [6, 6.07) is 0. The number of rotatable bonds is 0. The Morgan fingerprint density at radius 2 is 1.20 bits per heavy atom. The van der Waals surface area contributed by atoms with E-state index in [1.165, 1.54) is 0 Å². The van der Waals surface area contributed by atoms with E-state index >= 15 is 0 Å². The second-order valence-corrected chi connectivity index (χ2v) is 36.2. The number of hydrogen-bond donors (Lipinski definition) is 0. The van der Waals surface area contributed by atoms with Crippen molar-refractivity contribution in [2.45, 2.75) is 0 Å². The molecule has 5 heteroatoms. The summed E-state index contributed by atoms with van der Waals surface area (Å²) in [5, 5.41) is 0. The molecule has 0 aliphatic heterocycles. The van der Waals surface area contributed by atoms with Gasteiger partial charge in [-0.2, -0.15) is 0 Å². The molecule has 0 saturated carbocycles. The van der Waals surface area contributed by atoms with Crippen molar-refractivity contribution in [3.8, 4) is 0 Å². The fourth-order valence-electron chi connectivity index (χ4n) is 0. The third kappa shape index (κ3) is 21.0. The molecule has 0 N–H and O–H groups in total. The van der Waals surface area contributed by atoms with Gasteiger partial charge in [0, 0.05) is 0 Å². The van der Waals surface area contributed by atoms with Crippen molar-refractivity contribution in [3.05, 3.63) is 0 Å². The predicted molar refractivity (Wildman–Crippen MR) is 29.9 cm³/mol. The molecule has 0 aliphatic carbocycles. The minimum atomic E-state index is -0.889. The van der Waals surface area contributed by atoms with Crippen LogP contribution in [0.25, 0.3) is 0 Å². The second-order valence-electron chi connectivity index (χ2n) is 0.447. The van der Waals surface area contributed by atoms with Crippen LogP contribution >= 0.6 is 1.58 Å². The Morgan fingerprint density at radius 1 is 1.20 bits per heavy atom. The average molecular weight is 347 g/mol. The Labute approximate surface area is 62.7 Å². The predicted octanol–water partition coefficient (Wildman–Crippen LogP) is -0.662. The normalized spacial score (nSPS) is 11.8. The van der Waals surface area contributed by atoms with Crippen molar-refractivity contribution in [2.24, 2.45) is 0 Å². The fraction of sp³-hybridized carbons (Fsp3) is 0. The van der Waals surface area contributed by atoms with Crippen LogP contribution < -0.4 is 0 Å². The summed E-state index contributed by atoms with van der Waals surface area (Å²) in [4.78, 5) is 0. The third-order valence-electron chi connectivity index (χ3n) is 0. The van der Waals surface area contributed by atoms with E-state index in [1.54, 1.807) is 0 Å². The zero-order valence-corrected chi connectivity index (χ0v) is 9.83. The van der Waals surface area contributed by atoms with Gasteiger partial charge < -0.3 is 0 Å². The summed E-state index contributed by atoms with van der Waals surface area (Å²) in [6.07, 6.45) is 0. The molecule has 0 bridgehead atoms. The zero-order chi connectivity index (χ0) is 4.50. The molecule has 0 aromatic rings. The third-order valence-corrected chi connectivity index (χ3v) is 0. The Hall–Kier alpha value is 2.51. The quantitative estimate of drug-likeness (QED) is 0.403. The van der Waals surface area contributed by atoms with Gasteiger partial charge in [-0.25, -0.2) is 0 Å². The summed E-state index contributed by atoms with van der Waals surface area (Å²) < 4.78 is -0.889. The van der Waals surface area contributed by atoms with Gasteiger partial charge in [0.15, 0.2) is 0 Å². The molecule has 0 saturated heterocycles. The van der Waals surface area contributed by atoms with E-state index in [4.69, 9.17) is 0 Å². The Kier molecular flexibility index (Phi) is 4.10. The van der Waals surface area contributed by atoms with E-state index in [1.807, 2.05) is 0 Å². The molecule has 0 amide bonds. The molecule has 0 fully saturated rings. The molecule has 0 aliphatic rings. The van der Waals surface area contributed by atoms with E-state index in [-0.39, 0.29) is 0 Å². The first-order chi connectivity index (χ1) is 2.00. The van der Waals surface area contributed by atoms with E-state index in [9.17, 15) is 0 Å². The van der Waals surface area contributed by atoms with Crippen LogP contribution in [0.4, 0.5) is 0 Å². The van der Waals surface area contributed by atoms with Crippen LogP contribution in [0.1, 0.15) is 0 Å². The monoisotopic (exact) mass is 351 g/mol. The van der Waals surface area contributed by atoms with Crippen LogP contribution in [0.5, 0.6) is 0 Å². The molecule has 0 rings (SSSR count). The number of hydrogen-bond acceptors (Lipinski definition) is 0. The molecule has 0 spiro atoms. The van der Waals surface area contributed by atoms with Crippen molar-refractivity contribution in [1.82, 2.24) is 0 Å². The van der Waals surface area contributed by atoms with Gasteiger partial charge >= 0.3 is 63.4 Å². The summed E-state index contributed by atoms with van der Waals surface area (Å²) >= 11 is 11.7. The van der Waals surface area contributed by atoms with E-state index < -0.39 is 1.58 Å². The zero-order valence-electron chi connectivity index (χ0n) is 2.08. The van der Waals surface area contributed by atoms with Crippen LogP contribution in [-0.4, -0.2) is 61.8 Å². The first-order valence-electron chi connectivity index (χ1n) is 0.730. The Morgan fingerprint density at radius 3 is 1.20 bits per heavy atom. The van der Waals surface area contributed by atoms with Crippen molar-refractivity contribution in [2.75, 3.05) is 0 Å². The minimum absolute atomic E-state index is 0.889. The Bertz CT molecular complexity index is 49.8. The maximum atomic E-state index is 2.92. The molecular formula is PSe4-3. The van der Waals surface area contributed by atoms with Crippen molar-refractivity contribution >= 4 is 63.4 Å². The van der Waals surface area contributed by atoms with Gasteiger partial charge in [0.25, 0.3) is 0 Å². The first kappa shape index (κ1) is 7.51. The average Bonchev–Trinajstić information content (AvgIpc) is 0.722. The van der Waals surface area contributed by atoms with Crippen LogP contribution in [0.15, 0.2) is 0 Å². The molecule has 32 valence electrons. The van der Waals surface area contributed by atoms with Crippen LogP contribution in [0.3, 0.4) is 0 Å². The Balaban J connectivity index is 3.47. The second kappa shape index (κ2) is 2.73. The molecule has 0 unspecified atom stereocenters. The molecule has 0 heterocycles. The molecule has 0 aromatic carbocycles. The van der Waals surface area contributed by atoms with Gasteiger partial charge in [-0.15, -0.1) is 0 Å². The maximum absolute atomic E-state index is 2.92. The topological polar surface area (TPSA) is 0 Å². The molecule has 0 aromatic heterocycles. The van der Waals surface area contributed by atoms with E-state index in [0.717, 1.165) is 0 Å². The van der Waals surface area contributed by atoms with E-state index in [0.29, 0.717) is 0 Å². The molecule has 5 heavy (non-hydrogen) atoms. The molecule has 0 radical (unpaired) electrons. The van der Waals surface area contributed by atoms with Gasteiger partial charge in [-0.1, -0.05) is 0 Å². The van der Waals surface area contributed by atoms with Crippen LogP contribution in [0.2, 0.25) is 0 Å². The van der Waals surface area contributed by atoms with Gasteiger partial charge in [0.1, 0.15) is 0 Å². The van der Waals surface area contributed by atoms with Crippen molar-refractivity contribution in [3.63, 3.8) is 0 Å². The van der Waals surface area contributed by atoms with Gasteiger partial charge in [-0.3, -0.25) is 0 Å². The first-order valence-corrected chi connectivity index (χ1v) is 11.4. The summed E-state index contributed by atoms with van der Waals surface area (Å²) in [5.41, 5.74) is 0.